The highest BCUT2D eigenvalue weighted by atomic mass is 32.1. The molecule has 0 saturated carbocycles. The van der Waals surface area contributed by atoms with Crippen LogP contribution in [0.2, 0.25) is 0 Å². The average molecular weight is 340 g/mol. The number of carbonyl (C=O) groups excluding carboxylic acids is 1. The molecule has 0 spiro atoms. The van der Waals surface area contributed by atoms with Crippen LogP contribution >= 0.6 is 11.3 Å². The molecule has 0 unspecified atom stereocenters. The molecule has 1 aliphatic rings. The molecule has 1 saturated heterocycles. The number of carbonyl (C=O) groups is 1. The Morgan fingerprint density at radius 1 is 1.25 bits per heavy atom. The van der Waals surface area contributed by atoms with Crippen molar-refractivity contribution in [1.29, 1.82) is 0 Å². The highest BCUT2D eigenvalue weighted by Crippen LogP contribution is 2.20. The van der Waals surface area contributed by atoms with Crippen molar-refractivity contribution in [2.45, 2.75) is 13.5 Å². The van der Waals surface area contributed by atoms with Crippen LogP contribution in [0, 0.1) is 6.92 Å². The zero-order valence-corrected chi connectivity index (χ0v) is 14.5. The number of thiazole rings is 1. The monoisotopic (exact) mass is 340 g/mol. The van der Waals surface area contributed by atoms with Crippen LogP contribution in [-0.4, -0.2) is 51.9 Å². The lowest BCUT2D eigenvalue weighted by atomic mass is 10.1. The number of benzene rings is 1. The summed E-state index contributed by atoms with van der Waals surface area (Å²) in [7, 11) is 0. The Labute approximate surface area is 144 Å². The molecule has 24 heavy (non-hydrogen) atoms. The number of nitrogens with one attached hydrogen (secondary N) is 1. The van der Waals surface area contributed by atoms with Crippen molar-refractivity contribution >= 4 is 28.1 Å². The number of piperazine rings is 1. The summed E-state index contributed by atoms with van der Waals surface area (Å²) in [6.45, 7) is 6.22. The maximum absolute atomic E-state index is 12.9. The fourth-order valence-corrected chi connectivity index (χ4v) is 3.86. The number of nitrogens with zero attached hydrogens (tertiary/aromatic N) is 3. The van der Waals surface area contributed by atoms with Gasteiger partial charge in [0.05, 0.1) is 21.8 Å². The fourth-order valence-electron chi connectivity index (χ4n) is 3.25. The summed E-state index contributed by atoms with van der Waals surface area (Å²) >= 11 is 1.69. The molecule has 5 nitrogen and oxygen atoms in total. The van der Waals surface area contributed by atoms with Crippen molar-refractivity contribution in [2.24, 2.45) is 0 Å². The molecule has 6 heteroatoms. The second kappa shape index (κ2) is 6.37. The smallest absolute Gasteiger partial charge is 0.256 e. The lowest BCUT2D eigenvalue weighted by molar-refractivity contribution is 0.0629. The molecule has 124 valence electrons. The molecule has 0 aliphatic carbocycles. The number of fused-ring (bicyclic) bond motifs is 1. The molecule has 2 aromatic heterocycles. The second-order valence-corrected chi connectivity index (χ2v) is 7.24. The van der Waals surface area contributed by atoms with Crippen molar-refractivity contribution < 1.29 is 4.79 Å². The van der Waals surface area contributed by atoms with Crippen molar-refractivity contribution in [3.05, 3.63) is 52.1 Å². The first-order valence-corrected chi connectivity index (χ1v) is 9.07. The quantitative estimate of drug-likeness (QED) is 0.798. The molecule has 1 amide bonds. The van der Waals surface area contributed by atoms with Crippen molar-refractivity contribution in [3.63, 3.8) is 0 Å². The van der Waals surface area contributed by atoms with E-state index >= 15 is 0 Å². The zero-order chi connectivity index (χ0) is 16.5. The third kappa shape index (κ3) is 2.95. The van der Waals surface area contributed by atoms with Gasteiger partial charge in [0, 0.05) is 49.7 Å². The highest BCUT2D eigenvalue weighted by Gasteiger charge is 2.23. The molecule has 0 radical (unpaired) electrons. The minimum atomic E-state index is 0.118. The van der Waals surface area contributed by atoms with Gasteiger partial charge in [-0.05, 0) is 19.1 Å². The number of hydrogen-bond acceptors (Lipinski definition) is 4. The van der Waals surface area contributed by atoms with Gasteiger partial charge in [-0.15, -0.1) is 11.3 Å². The van der Waals surface area contributed by atoms with E-state index in [4.69, 9.17) is 0 Å². The standard InChI is InChI=1S/C18H20N4OS/c1-13-20-15(12-24-13)11-21-7-9-22(10-8-21)18(23)16-4-2-3-14-5-6-19-17(14)16/h2-6,12,19H,7-11H2,1H3. The van der Waals surface area contributed by atoms with Crippen LogP contribution in [0.4, 0.5) is 0 Å². The number of aryl methyl sites for hydroxylation is 1. The number of hydrogen-bond donors (Lipinski definition) is 1. The predicted octanol–water partition coefficient (Wildman–Crippen LogP) is 2.89. The molecule has 1 N–H and O–H groups in total. The number of para-hydroxylation sites is 1. The molecule has 1 fully saturated rings. The molecule has 3 aromatic rings. The van der Waals surface area contributed by atoms with E-state index in [-0.39, 0.29) is 5.91 Å². The van der Waals surface area contributed by atoms with Crippen LogP contribution in [0.5, 0.6) is 0 Å². The summed E-state index contributed by atoms with van der Waals surface area (Å²) < 4.78 is 0. The average Bonchev–Trinajstić information content (AvgIpc) is 3.23. The van der Waals surface area contributed by atoms with Gasteiger partial charge in [0.25, 0.3) is 5.91 Å². The van der Waals surface area contributed by atoms with Crippen LogP contribution in [0.3, 0.4) is 0 Å². The molecule has 4 rings (SSSR count). The van der Waals surface area contributed by atoms with E-state index < -0.39 is 0 Å². The van der Waals surface area contributed by atoms with E-state index in [1.807, 2.05) is 42.3 Å². The summed E-state index contributed by atoms with van der Waals surface area (Å²) in [6, 6.07) is 7.88. The Hall–Kier alpha value is -2.18. The van der Waals surface area contributed by atoms with Crippen LogP contribution in [0.25, 0.3) is 10.9 Å². The maximum atomic E-state index is 12.9. The maximum Gasteiger partial charge on any atom is 0.256 e. The van der Waals surface area contributed by atoms with Gasteiger partial charge in [0.1, 0.15) is 0 Å². The van der Waals surface area contributed by atoms with E-state index in [2.05, 4.69) is 20.2 Å². The Bertz CT molecular complexity index is 861. The van der Waals surface area contributed by atoms with Crippen molar-refractivity contribution in [1.82, 2.24) is 19.8 Å². The summed E-state index contributed by atoms with van der Waals surface area (Å²) in [5, 5.41) is 4.31. The third-order valence-corrected chi connectivity index (χ3v) is 5.35. The fraction of sp³-hybridized carbons (Fsp3) is 0.333. The minimum absolute atomic E-state index is 0.118. The van der Waals surface area contributed by atoms with Gasteiger partial charge < -0.3 is 9.88 Å². The summed E-state index contributed by atoms with van der Waals surface area (Å²) in [5.41, 5.74) is 2.83. The van der Waals surface area contributed by atoms with Gasteiger partial charge >= 0.3 is 0 Å². The van der Waals surface area contributed by atoms with Crippen LogP contribution < -0.4 is 0 Å². The van der Waals surface area contributed by atoms with Crippen LogP contribution in [-0.2, 0) is 6.54 Å². The molecule has 3 heterocycles. The first-order chi connectivity index (χ1) is 11.7. The molecule has 1 aromatic carbocycles. The van der Waals surface area contributed by atoms with Gasteiger partial charge in [0.2, 0.25) is 0 Å². The van der Waals surface area contributed by atoms with Gasteiger partial charge in [-0.1, -0.05) is 12.1 Å². The largest absolute Gasteiger partial charge is 0.361 e. The number of H-pyrrole nitrogens is 1. The first-order valence-electron chi connectivity index (χ1n) is 8.19. The minimum Gasteiger partial charge on any atom is -0.361 e. The molecule has 0 bridgehead atoms. The number of rotatable bonds is 3. The Balaban J connectivity index is 1.42. The highest BCUT2D eigenvalue weighted by molar-refractivity contribution is 7.09. The summed E-state index contributed by atoms with van der Waals surface area (Å²) in [6.07, 6.45) is 1.88. The Kier molecular flexibility index (Phi) is 4.08. The molecule has 1 aliphatic heterocycles. The third-order valence-electron chi connectivity index (χ3n) is 4.53. The normalized spacial score (nSPS) is 16.0. The van der Waals surface area contributed by atoms with Crippen molar-refractivity contribution in [3.8, 4) is 0 Å². The topological polar surface area (TPSA) is 52.2 Å². The lowest BCUT2D eigenvalue weighted by Crippen LogP contribution is -2.48. The number of aromatic nitrogens is 2. The van der Waals surface area contributed by atoms with E-state index in [9.17, 15) is 4.79 Å². The van der Waals surface area contributed by atoms with Gasteiger partial charge in [0.15, 0.2) is 0 Å². The van der Waals surface area contributed by atoms with Crippen LogP contribution in [0.15, 0.2) is 35.8 Å². The van der Waals surface area contributed by atoms with Gasteiger partial charge in [-0.2, -0.15) is 0 Å². The predicted molar refractivity (Wildman–Crippen MR) is 96.3 cm³/mol. The van der Waals surface area contributed by atoms with E-state index in [0.29, 0.717) is 0 Å². The van der Waals surface area contributed by atoms with Crippen LogP contribution in [0.1, 0.15) is 21.1 Å². The first kappa shape index (κ1) is 15.4. The van der Waals surface area contributed by atoms with E-state index in [1.165, 1.54) is 0 Å². The molecule has 0 atom stereocenters. The Morgan fingerprint density at radius 2 is 2.08 bits per heavy atom. The van der Waals surface area contributed by atoms with E-state index in [1.54, 1.807) is 11.3 Å². The number of amides is 1. The summed E-state index contributed by atoms with van der Waals surface area (Å²) in [4.78, 5) is 24.9. The SMILES string of the molecule is Cc1nc(CN2CCN(C(=O)c3cccc4cc[nH]c34)CC2)cs1. The summed E-state index contributed by atoms with van der Waals surface area (Å²) in [5.74, 6) is 0.118. The van der Waals surface area contributed by atoms with Gasteiger partial charge in [-0.25, -0.2) is 4.98 Å². The van der Waals surface area contributed by atoms with E-state index in [0.717, 1.165) is 59.9 Å². The molecular weight excluding hydrogens is 320 g/mol. The zero-order valence-electron chi connectivity index (χ0n) is 13.7. The van der Waals surface area contributed by atoms with Crippen molar-refractivity contribution in [2.75, 3.05) is 26.2 Å². The second-order valence-electron chi connectivity index (χ2n) is 6.17. The number of aromatic amines is 1. The lowest BCUT2D eigenvalue weighted by Gasteiger charge is -2.34. The molecular formula is C18H20N4OS. The van der Waals surface area contributed by atoms with Gasteiger partial charge in [-0.3, -0.25) is 9.69 Å². The Morgan fingerprint density at radius 3 is 2.83 bits per heavy atom.